The molecule has 2 rings (SSSR count). The fourth-order valence-corrected chi connectivity index (χ4v) is 1.47. The van der Waals surface area contributed by atoms with Crippen molar-refractivity contribution in [1.29, 1.82) is 0 Å². The molecule has 1 amide bonds. The summed E-state index contributed by atoms with van der Waals surface area (Å²) in [5, 5.41) is 12.5. The van der Waals surface area contributed by atoms with E-state index < -0.39 is 0 Å². The first-order valence-corrected chi connectivity index (χ1v) is 5.44. The molecular weight excluding hydrogens is 216 g/mol. The van der Waals surface area contributed by atoms with E-state index >= 15 is 0 Å². The van der Waals surface area contributed by atoms with Crippen molar-refractivity contribution in [1.82, 2.24) is 15.4 Å². The summed E-state index contributed by atoms with van der Waals surface area (Å²) in [6.45, 7) is 4.23. The summed E-state index contributed by atoms with van der Waals surface area (Å²) >= 11 is 0. The predicted molar refractivity (Wildman–Crippen MR) is 64.9 cm³/mol. The van der Waals surface area contributed by atoms with Gasteiger partial charge in [0.15, 0.2) is 5.82 Å². The molecular formula is C12H14N4O. The molecule has 0 bridgehead atoms. The van der Waals surface area contributed by atoms with Crippen LogP contribution in [0.25, 0.3) is 0 Å². The number of carbonyl (C=O) groups excluding carboxylic acids is 1. The van der Waals surface area contributed by atoms with Crippen LogP contribution in [0.15, 0.2) is 30.5 Å². The van der Waals surface area contributed by atoms with E-state index in [0.717, 1.165) is 0 Å². The lowest BCUT2D eigenvalue weighted by Gasteiger charge is -2.06. The van der Waals surface area contributed by atoms with E-state index in [9.17, 15) is 4.79 Å². The zero-order valence-electron chi connectivity index (χ0n) is 9.77. The fraction of sp³-hybridized carbons (Fsp3) is 0.250. The van der Waals surface area contributed by atoms with Gasteiger partial charge in [0.25, 0.3) is 5.91 Å². The van der Waals surface area contributed by atoms with Gasteiger partial charge < -0.3 is 5.32 Å². The number of nitrogens with one attached hydrogen (secondary N) is 2. The Morgan fingerprint density at radius 3 is 2.53 bits per heavy atom. The molecule has 0 saturated heterocycles. The standard InChI is InChI=1S/C12H14N4O/c1-8(2)9-3-5-10(6-4-9)12(17)14-11-7-13-16-15-11/h3-8H,1-2H3,(H2,13,14,15,16,17). The number of hydrogen-bond acceptors (Lipinski definition) is 3. The summed E-state index contributed by atoms with van der Waals surface area (Å²) in [6.07, 6.45) is 1.46. The molecule has 0 spiro atoms. The van der Waals surface area contributed by atoms with Gasteiger partial charge in [0.2, 0.25) is 0 Å². The minimum atomic E-state index is -0.186. The Labute approximate surface area is 99.2 Å². The van der Waals surface area contributed by atoms with E-state index in [-0.39, 0.29) is 5.91 Å². The monoisotopic (exact) mass is 230 g/mol. The summed E-state index contributed by atoms with van der Waals surface area (Å²) in [5.41, 5.74) is 1.82. The third-order valence-corrected chi connectivity index (χ3v) is 2.50. The number of aromatic nitrogens is 3. The molecule has 0 radical (unpaired) electrons. The van der Waals surface area contributed by atoms with Crippen molar-refractivity contribution in [3.63, 3.8) is 0 Å². The highest BCUT2D eigenvalue weighted by Crippen LogP contribution is 2.15. The van der Waals surface area contributed by atoms with E-state index in [4.69, 9.17) is 0 Å². The van der Waals surface area contributed by atoms with Crippen LogP contribution in [0.5, 0.6) is 0 Å². The molecule has 1 aromatic carbocycles. The van der Waals surface area contributed by atoms with Gasteiger partial charge in [-0.3, -0.25) is 4.79 Å². The molecule has 0 aliphatic heterocycles. The number of amides is 1. The normalized spacial score (nSPS) is 10.5. The van der Waals surface area contributed by atoms with Gasteiger partial charge in [-0.2, -0.15) is 10.3 Å². The molecule has 5 nitrogen and oxygen atoms in total. The van der Waals surface area contributed by atoms with E-state index in [2.05, 4.69) is 34.6 Å². The molecule has 0 unspecified atom stereocenters. The average molecular weight is 230 g/mol. The molecule has 5 heteroatoms. The lowest BCUT2D eigenvalue weighted by atomic mass is 10.0. The number of anilines is 1. The van der Waals surface area contributed by atoms with Crippen molar-refractivity contribution >= 4 is 11.7 Å². The van der Waals surface area contributed by atoms with E-state index in [0.29, 0.717) is 17.3 Å². The van der Waals surface area contributed by atoms with Gasteiger partial charge >= 0.3 is 0 Å². The third-order valence-electron chi connectivity index (χ3n) is 2.50. The summed E-state index contributed by atoms with van der Waals surface area (Å²) < 4.78 is 0. The first kappa shape index (κ1) is 11.3. The summed E-state index contributed by atoms with van der Waals surface area (Å²) in [4.78, 5) is 11.8. The summed E-state index contributed by atoms with van der Waals surface area (Å²) in [5.74, 6) is 0.694. The van der Waals surface area contributed by atoms with Gasteiger partial charge in [0.05, 0.1) is 6.20 Å². The molecule has 2 N–H and O–H groups in total. The first-order valence-electron chi connectivity index (χ1n) is 5.44. The van der Waals surface area contributed by atoms with Crippen molar-refractivity contribution in [2.24, 2.45) is 0 Å². The van der Waals surface area contributed by atoms with Crippen molar-refractivity contribution < 1.29 is 4.79 Å². The van der Waals surface area contributed by atoms with Crippen molar-refractivity contribution in [3.8, 4) is 0 Å². The van der Waals surface area contributed by atoms with Crippen LogP contribution < -0.4 is 5.32 Å². The van der Waals surface area contributed by atoms with Gasteiger partial charge in [-0.25, -0.2) is 0 Å². The number of hydrogen-bond donors (Lipinski definition) is 2. The Kier molecular flexibility index (Phi) is 3.18. The Morgan fingerprint density at radius 2 is 2.00 bits per heavy atom. The average Bonchev–Trinajstić information content (AvgIpc) is 2.82. The third kappa shape index (κ3) is 2.69. The number of carbonyl (C=O) groups is 1. The van der Waals surface area contributed by atoms with Gasteiger partial charge in [0, 0.05) is 5.56 Å². The second-order valence-electron chi connectivity index (χ2n) is 4.09. The Hall–Kier alpha value is -2.17. The maximum absolute atomic E-state index is 11.8. The molecule has 1 heterocycles. The molecule has 88 valence electrons. The molecule has 0 fully saturated rings. The zero-order chi connectivity index (χ0) is 12.3. The second-order valence-corrected chi connectivity index (χ2v) is 4.09. The Morgan fingerprint density at radius 1 is 1.29 bits per heavy atom. The number of benzene rings is 1. The van der Waals surface area contributed by atoms with Gasteiger partial charge in [-0.15, -0.1) is 5.10 Å². The first-order chi connectivity index (χ1) is 8.16. The topological polar surface area (TPSA) is 70.7 Å². The Bertz CT molecular complexity index is 488. The minimum Gasteiger partial charge on any atom is -0.304 e. The molecule has 0 saturated carbocycles. The lowest BCUT2D eigenvalue weighted by molar-refractivity contribution is 0.102. The largest absolute Gasteiger partial charge is 0.304 e. The van der Waals surface area contributed by atoms with Gasteiger partial charge in [0.1, 0.15) is 0 Å². The highest BCUT2D eigenvalue weighted by Gasteiger charge is 2.07. The zero-order valence-corrected chi connectivity index (χ0v) is 9.77. The number of rotatable bonds is 3. The molecule has 2 aromatic rings. The van der Waals surface area contributed by atoms with Crippen LogP contribution in [0.2, 0.25) is 0 Å². The quantitative estimate of drug-likeness (QED) is 0.849. The number of H-pyrrole nitrogens is 1. The van der Waals surface area contributed by atoms with Crippen LogP contribution in [-0.4, -0.2) is 21.3 Å². The lowest BCUT2D eigenvalue weighted by Crippen LogP contribution is -2.12. The van der Waals surface area contributed by atoms with E-state index in [1.54, 1.807) is 0 Å². The van der Waals surface area contributed by atoms with Crippen molar-refractivity contribution in [3.05, 3.63) is 41.6 Å². The van der Waals surface area contributed by atoms with Crippen LogP contribution in [0.4, 0.5) is 5.82 Å². The van der Waals surface area contributed by atoms with Crippen LogP contribution in [-0.2, 0) is 0 Å². The van der Waals surface area contributed by atoms with Crippen molar-refractivity contribution in [2.75, 3.05) is 5.32 Å². The molecule has 0 atom stereocenters. The fourth-order valence-electron chi connectivity index (χ4n) is 1.47. The molecule has 1 aromatic heterocycles. The van der Waals surface area contributed by atoms with Crippen LogP contribution in [0.1, 0.15) is 35.7 Å². The predicted octanol–water partition coefficient (Wildman–Crippen LogP) is 2.18. The van der Waals surface area contributed by atoms with Gasteiger partial charge in [-0.1, -0.05) is 26.0 Å². The molecule has 17 heavy (non-hydrogen) atoms. The number of nitrogens with zero attached hydrogens (tertiary/aromatic N) is 2. The van der Waals surface area contributed by atoms with E-state index in [1.165, 1.54) is 11.8 Å². The summed E-state index contributed by atoms with van der Waals surface area (Å²) in [6, 6.07) is 7.54. The van der Waals surface area contributed by atoms with Gasteiger partial charge in [-0.05, 0) is 23.6 Å². The maximum atomic E-state index is 11.8. The van der Waals surface area contributed by atoms with Crippen LogP contribution in [0.3, 0.4) is 0 Å². The Balaban J connectivity index is 2.09. The second kappa shape index (κ2) is 4.78. The van der Waals surface area contributed by atoms with E-state index in [1.807, 2.05) is 24.3 Å². The highest BCUT2D eigenvalue weighted by molar-refractivity contribution is 6.03. The van der Waals surface area contributed by atoms with Crippen LogP contribution >= 0.6 is 0 Å². The molecule has 0 aliphatic rings. The van der Waals surface area contributed by atoms with Crippen LogP contribution in [0, 0.1) is 0 Å². The summed E-state index contributed by atoms with van der Waals surface area (Å²) in [7, 11) is 0. The molecule has 0 aliphatic carbocycles. The van der Waals surface area contributed by atoms with Crippen molar-refractivity contribution in [2.45, 2.75) is 19.8 Å². The smallest absolute Gasteiger partial charge is 0.256 e. The highest BCUT2D eigenvalue weighted by atomic mass is 16.1. The number of aromatic amines is 1. The maximum Gasteiger partial charge on any atom is 0.256 e. The minimum absolute atomic E-state index is 0.186. The SMILES string of the molecule is CC(C)c1ccc(C(=O)Nc2cn[nH]n2)cc1.